The molecule has 4 N–H and O–H groups in total. The van der Waals surface area contributed by atoms with Crippen LogP contribution in [0.3, 0.4) is 0 Å². The SMILES string of the molecule is C=S(=C)(O)c1cccc2c(C)cc(N=Nc3ccc(Nc4nc(Nc5ccc(C)cc5)nc(=O)[nH]4)cc3)cc12. The Bertz CT molecular complexity index is 1860. The Labute approximate surface area is 226 Å². The second-order valence-electron chi connectivity index (χ2n) is 9.15. The number of nitrogens with one attached hydrogen (secondary N) is 3. The molecule has 0 aliphatic rings. The number of benzene rings is 4. The molecule has 9 nitrogen and oxygen atoms in total. The van der Waals surface area contributed by atoms with Gasteiger partial charge >= 0.3 is 5.69 Å². The van der Waals surface area contributed by atoms with Crippen LogP contribution in [0.2, 0.25) is 0 Å². The van der Waals surface area contributed by atoms with E-state index < -0.39 is 15.2 Å². The number of anilines is 4. The van der Waals surface area contributed by atoms with Crippen LogP contribution in [-0.4, -0.2) is 31.2 Å². The Hall–Kier alpha value is -4.80. The van der Waals surface area contributed by atoms with E-state index in [9.17, 15) is 9.35 Å². The van der Waals surface area contributed by atoms with Crippen LogP contribution >= 0.6 is 9.49 Å². The molecule has 0 atom stereocenters. The third-order valence-corrected chi connectivity index (χ3v) is 7.10. The Morgan fingerprint density at radius 1 is 0.821 bits per heavy atom. The number of aromatic nitrogens is 3. The maximum Gasteiger partial charge on any atom is 0.351 e. The molecule has 5 rings (SSSR count). The molecule has 1 aromatic heterocycles. The molecule has 10 heteroatoms. The molecule has 4 aromatic carbocycles. The summed E-state index contributed by atoms with van der Waals surface area (Å²) < 4.78 is 10.5. The molecule has 0 saturated heterocycles. The quantitative estimate of drug-likeness (QED) is 0.127. The van der Waals surface area contributed by atoms with Gasteiger partial charge in [-0.3, -0.25) is 4.98 Å². The number of nitrogens with zero attached hydrogens (tertiary/aromatic N) is 4. The van der Waals surface area contributed by atoms with Gasteiger partial charge in [-0.25, -0.2) is 4.79 Å². The van der Waals surface area contributed by atoms with Crippen molar-refractivity contribution < 1.29 is 4.55 Å². The highest BCUT2D eigenvalue weighted by atomic mass is 32.2. The molecule has 5 aromatic rings. The minimum absolute atomic E-state index is 0.183. The van der Waals surface area contributed by atoms with Crippen molar-refractivity contribution in [2.45, 2.75) is 18.7 Å². The smallest absolute Gasteiger partial charge is 0.341 e. The molecule has 0 aliphatic heterocycles. The van der Waals surface area contributed by atoms with E-state index in [0.29, 0.717) is 22.0 Å². The minimum Gasteiger partial charge on any atom is -0.341 e. The minimum atomic E-state index is -2.40. The number of aryl methyl sites for hydroxylation is 2. The second-order valence-corrected chi connectivity index (χ2v) is 11.3. The fourth-order valence-corrected chi connectivity index (χ4v) is 4.95. The van der Waals surface area contributed by atoms with Crippen LogP contribution in [0, 0.1) is 13.8 Å². The predicted octanol–water partition coefficient (Wildman–Crippen LogP) is 7.34. The third kappa shape index (κ3) is 6.20. The van der Waals surface area contributed by atoms with E-state index >= 15 is 0 Å². The summed E-state index contributed by atoms with van der Waals surface area (Å²) in [5.74, 6) is 8.13. The van der Waals surface area contributed by atoms with Crippen LogP contribution in [0.4, 0.5) is 34.6 Å². The summed E-state index contributed by atoms with van der Waals surface area (Å²) in [6.45, 7) is 3.99. The van der Waals surface area contributed by atoms with E-state index in [4.69, 9.17) is 0 Å². The van der Waals surface area contributed by atoms with Crippen molar-refractivity contribution in [3.8, 4) is 0 Å². The van der Waals surface area contributed by atoms with Crippen molar-refractivity contribution in [2.75, 3.05) is 10.6 Å². The van der Waals surface area contributed by atoms with Crippen LogP contribution in [0.15, 0.2) is 98.8 Å². The molecule has 0 bridgehead atoms. The van der Waals surface area contributed by atoms with E-state index in [0.717, 1.165) is 27.6 Å². The van der Waals surface area contributed by atoms with Crippen molar-refractivity contribution in [3.63, 3.8) is 0 Å². The van der Waals surface area contributed by atoms with Gasteiger partial charge in [0, 0.05) is 16.3 Å². The monoisotopic (exact) mass is 537 g/mol. The summed E-state index contributed by atoms with van der Waals surface area (Å²) in [7, 11) is -2.40. The van der Waals surface area contributed by atoms with Gasteiger partial charge in [0.05, 0.1) is 11.4 Å². The Morgan fingerprint density at radius 3 is 2.21 bits per heavy atom. The first-order chi connectivity index (χ1) is 18.6. The van der Waals surface area contributed by atoms with Crippen molar-refractivity contribution in [2.24, 2.45) is 10.2 Å². The van der Waals surface area contributed by atoms with Gasteiger partial charge in [0.15, 0.2) is 0 Å². The second kappa shape index (κ2) is 10.5. The Balaban J connectivity index is 1.33. The normalized spacial score (nSPS) is 11.7. The lowest BCUT2D eigenvalue weighted by molar-refractivity contribution is 0.659. The van der Waals surface area contributed by atoms with Crippen molar-refractivity contribution in [3.05, 3.63) is 100 Å². The molecule has 0 saturated carbocycles. The molecule has 0 amide bonds. The highest BCUT2D eigenvalue weighted by Gasteiger charge is 2.09. The highest BCUT2D eigenvalue weighted by molar-refractivity contribution is 8.23. The zero-order valence-corrected chi connectivity index (χ0v) is 22.3. The van der Waals surface area contributed by atoms with E-state index in [1.165, 1.54) is 0 Å². The van der Waals surface area contributed by atoms with E-state index in [2.05, 4.69) is 47.6 Å². The summed E-state index contributed by atoms with van der Waals surface area (Å²) in [6.07, 6.45) is 0. The molecular weight excluding hydrogens is 510 g/mol. The van der Waals surface area contributed by atoms with Crippen molar-refractivity contribution in [1.82, 2.24) is 15.0 Å². The Morgan fingerprint density at radius 2 is 1.49 bits per heavy atom. The van der Waals surface area contributed by atoms with Crippen LogP contribution in [-0.2, 0) is 0 Å². The lowest BCUT2D eigenvalue weighted by atomic mass is 10.0. The molecular formula is C29H27N7O2S. The largest absolute Gasteiger partial charge is 0.351 e. The number of hydrogen-bond donors (Lipinski definition) is 4. The van der Waals surface area contributed by atoms with Crippen LogP contribution in [0.5, 0.6) is 0 Å². The maximum atomic E-state index is 12.1. The van der Waals surface area contributed by atoms with Gasteiger partial charge in [0.2, 0.25) is 11.9 Å². The molecule has 1 heterocycles. The lowest BCUT2D eigenvalue weighted by Gasteiger charge is -2.13. The van der Waals surface area contributed by atoms with E-state index in [1.54, 1.807) is 24.3 Å². The van der Waals surface area contributed by atoms with Gasteiger partial charge in [-0.1, -0.05) is 51.1 Å². The summed E-state index contributed by atoms with van der Waals surface area (Å²) in [5, 5.41) is 16.8. The van der Waals surface area contributed by atoms with Gasteiger partial charge in [-0.2, -0.15) is 20.2 Å². The first-order valence-electron chi connectivity index (χ1n) is 12.0. The van der Waals surface area contributed by atoms with Crippen LogP contribution in [0.1, 0.15) is 11.1 Å². The Kier molecular flexibility index (Phi) is 6.97. The molecule has 0 fully saturated rings. The molecule has 0 spiro atoms. The van der Waals surface area contributed by atoms with Crippen LogP contribution < -0.4 is 16.3 Å². The topological polar surface area (TPSA) is 128 Å². The average Bonchev–Trinajstić information content (AvgIpc) is 2.88. The third-order valence-electron chi connectivity index (χ3n) is 5.93. The number of H-pyrrole nitrogens is 1. The van der Waals surface area contributed by atoms with Crippen molar-refractivity contribution in [1.29, 1.82) is 0 Å². The number of rotatable bonds is 7. The first kappa shape index (κ1) is 25.8. The number of azo groups is 1. The molecule has 0 unspecified atom stereocenters. The zero-order valence-electron chi connectivity index (χ0n) is 21.5. The summed E-state index contributed by atoms with van der Waals surface area (Å²) in [5.41, 5.74) is 4.39. The zero-order chi connectivity index (χ0) is 27.6. The van der Waals surface area contributed by atoms with Gasteiger partial charge in [-0.15, -0.1) is 0 Å². The van der Waals surface area contributed by atoms with Gasteiger partial charge in [-0.05, 0) is 84.8 Å². The first-order valence-corrected chi connectivity index (χ1v) is 13.9. The number of aromatic amines is 1. The predicted molar refractivity (Wildman–Crippen MR) is 162 cm³/mol. The van der Waals surface area contributed by atoms with Gasteiger partial charge < -0.3 is 15.2 Å². The molecule has 39 heavy (non-hydrogen) atoms. The fraction of sp³-hybridized carbons (Fsp3) is 0.0690. The number of fused-ring (bicyclic) bond motifs is 1. The standard InChI is InChI=1S/C29H27N7O2S/c1-18-8-10-20(11-9-18)30-27-32-28(34-29(37)33-27)31-21-12-14-22(15-13-21)35-36-23-16-19(2)24-6-5-7-26(25(24)17-23)39(3,4)38/h5-17,38H,3-4H2,1-2H3,(H3,30,31,32,33,34,37). The molecule has 0 radical (unpaired) electrons. The van der Waals surface area contributed by atoms with E-state index in [1.807, 2.05) is 68.4 Å². The van der Waals surface area contributed by atoms with Crippen molar-refractivity contribution >= 4 is 66.6 Å². The summed E-state index contributed by atoms with van der Waals surface area (Å²) >= 11 is 0. The fourth-order valence-electron chi connectivity index (χ4n) is 4.04. The lowest BCUT2D eigenvalue weighted by Crippen LogP contribution is -2.16. The highest BCUT2D eigenvalue weighted by Crippen LogP contribution is 2.37. The molecule has 196 valence electrons. The summed E-state index contributed by atoms with van der Waals surface area (Å²) in [4.78, 5) is 23.6. The van der Waals surface area contributed by atoms with Gasteiger partial charge in [0.1, 0.15) is 0 Å². The number of hydrogen-bond acceptors (Lipinski definition) is 8. The van der Waals surface area contributed by atoms with E-state index in [-0.39, 0.29) is 11.9 Å². The maximum absolute atomic E-state index is 12.1. The average molecular weight is 538 g/mol. The van der Waals surface area contributed by atoms with Gasteiger partial charge in [0.25, 0.3) is 0 Å². The van der Waals surface area contributed by atoms with Crippen LogP contribution in [0.25, 0.3) is 10.8 Å². The molecule has 0 aliphatic carbocycles. The summed E-state index contributed by atoms with van der Waals surface area (Å²) in [6, 6.07) is 24.5.